The lowest BCUT2D eigenvalue weighted by molar-refractivity contribution is -0.131. The first-order valence-corrected chi connectivity index (χ1v) is 8.81. The quantitative estimate of drug-likeness (QED) is 0.639. The summed E-state index contributed by atoms with van der Waals surface area (Å²) in [7, 11) is 0. The van der Waals surface area contributed by atoms with Gasteiger partial charge in [0.15, 0.2) is 0 Å². The van der Waals surface area contributed by atoms with E-state index in [4.69, 9.17) is 9.47 Å². The van der Waals surface area contributed by atoms with Crippen molar-refractivity contribution in [3.63, 3.8) is 0 Å². The van der Waals surface area contributed by atoms with E-state index >= 15 is 0 Å². The summed E-state index contributed by atoms with van der Waals surface area (Å²) in [5, 5.41) is 0. The van der Waals surface area contributed by atoms with E-state index < -0.39 is 0 Å². The van der Waals surface area contributed by atoms with Gasteiger partial charge in [-0.2, -0.15) is 0 Å². The second-order valence-electron chi connectivity index (χ2n) is 6.25. The van der Waals surface area contributed by atoms with Gasteiger partial charge in [0, 0.05) is 5.56 Å². The molecule has 23 heavy (non-hydrogen) atoms. The Labute approximate surface area is 139 Å². The Morgan fingerprint density at radius 2 is 1.61 bits per heavy atom. The molecule has 3 rings (SSSR count). The third kappa shape index (κ3) is 4.59. The summed E-state index contributed by atoms with van der Waals surface area (Å²) in [5.74, 6) is 0.867. The Morgan fingerprint density at radius 1 is 0.913 bits per heavy atom. The number of hydrogen-bond acceptors (Lipinski definition) is 2. The highest BCUT2D eigenvalue weighted by molar-refractivity contribution is 5.28. The van der Waals surface area contributed by atoms with Crippen molar-refractivity contribution in [1.29, 1.82) is 0 Å². The highest BCUT2D eigenvalue weighted by Gasteiger charge is 2.21. The maximum Gasteiger partial charge on any atom is 0.226 e. The Hall–Kier alpha value is -1.80. The van der Waals surface area contributed by atoms with E-state index in [1.54, 1.807) is 0 Å². The van der Waals surface area contributed by atoms with Crippen molar-refractivity contribution < 1.29 is 9.47 Å². The summed E-state index contributed by atoms with van der Waals surface area (Å²) in [6.45, 7) is 2.16. The van der Waals surface area contributed by atoms with Crippen molar-refractivity contribution >= 4 is 0 Å². The number of hydrogen-bond donors (Lipinski definition) is 0. The van der Waals surface area contributed by atoms with Crippen LogP contribution in [-0.2, 0) is 11.2 Å². The molecule has 2 nitrogen and oxygen atoms in total. The van der Waals surface area contributed by atoms with Gasteiger partial charge in [-0.05, 0) is 37.0 Å². The van der Waals surface area contributed by atoms with Gasteiger partial charge in [0.25, 0.3) is 0 Å². The van der Waals surface area contributed by atoms with Gasteiger partial charge >= 0.3 is 0 Å². The molecule has 0 bridgehead atoms. The summed E-state index contributed by atoms with van der Waals surface area (Å²) in [6.07, 6.45) is 7.16. The fourth-order valence-corrected chi connectivity index (χ4v) is 3.09. The first kappa shape index (κ1) is 16.1. The topological polar surface area (TPSA) is 18.5 Å². The van der Waals surface area contributed by atoms with Crippen molar-refractivity contribution in [1.82, 2.24) is 0 Å². The van der Waals surface area contributed by atoms with Crippen molar-refractivity contribution in [2.45, 2.75) is 57.8 Å². The molecule has 0 aliphatic heterocycles. The monoisotopic (exact) mass is 310 g/mol. The highest BCUT2D eigenvalue weighted by Crippen LogP contribution is 2.29. The molecule has 0 amide bonds. The van der Waals surface area contributed by atoms with Crippen LogP contribution in [0.3, 0.4) is 0 Å². The fourth-order valence-electron chi connectivity index (χ4n) is 3.09. The van der Waals surface area contributed by atoms with Gasteiger partial charge in [-0.3, -0.25) is 0 Å². The Balaban J connectivity index is 1.73. The minimum atomic E-state index is -0.327. The fraction of sp³-hybridized carbons (Fsp3) is 0.429. The SMILES string of the molecule is CCc1ccc(OC(OC2CCCCC2)c2ccccc2)cc1. The first-order valence-electron chi connectivity index (χ1n) is 8.81. The molecular formula is C21H26O2. The molecule has 0 heterocycles. The molecule has 1 fully saturated rings. The van der Waals surface area contributed by atoms with Crippen LogP contribution < -0.4 is 4.74 Å². The average Bonchev–Trinajstić information content (AvgIpc) is 2.63. The second-order valence-corrected chi connectivity index (χ2v) is 6.25. The van der Waals surface area contributed by atoms with Gasteiger partial charge < -0.3 is 9.47 Å². The molecule has 0 saturated heterocycles. The van der Waals surface area contributed by atoms with E-state index in [1.807, 2.05) is 30.3 Å². The van der Waals surface area contributed by atoms with Crippen LogP contribution in [0.4, 0.5) is 0 Å². The summed E-state index contributed by atoms with van der Waals surface area (Å²) >= 11 is 0. The van der Waals surface area contributed by atoms with Crippen LogP contribution in [0.25, 0.3) is 0 Å². The van der Waals surface area contributed by atoms with E-state index in [0.717, 1.165) is 30.6 Å². The normalized spacial score (nSPS) is 16.9. The predicted molar refractivity (Wildman–Crippen MR) is 93.6 cm³/mol. The molecule has 0 N–H and O–H groups in total. The molecule has 0 aromatic heterocycles. The molecule has 0 radical (unpaired) electrons. The minimum absolute atomic E-state index is 0.309. The van der Waals surface area contributed by atoms with E-state index in [-0.39, 0.29) is 6.29 Å². The molecule has 2 heteroatoms. The zero-order valence-corrected chi connectivity index (χ0v) is 13.9. The summed E-state index contributed by atoms with van der Waals surface area (Å²) in [5.41, 5.74) is 2.40. The lowest BCUT2D eigenvalue weighted by Gasteiger charge is -2.28. The van der Waals surface area contributed by atoms with Crippen LogP contribution in [0, 0.1) is 0 Å². The van der Waals surface area contributed by atoms with E-state index in [0.29, 0.717) is 6.10 Å². The third-order valence-corrected chi connectivity index (χ3v) is 4.51. The van der Waals surface area contributed by atoms with Crippen molar-refractivity contribution in [2.75, 3.05) is 0 Å². The largest absolute Gasteiger partial charge is 0.461 e. The van der Waals surface area contributed by atoms with Crippen LogP contribution in [0.15, 0.2) is 54.6 Å². The second kappa shape index (κ2) is 8.16. The summed E-state index contributed by atoms with van der Waals surface area (Å²) in [4.78, 5) is 0. The first-order chi connectivity index (χ1) is 11.3. The third-order valence-electron chi connectivity index (χ3n) is 4.51. The van der Waals surface area contributed by atoms with Crippen LogP contribution >= 0.6 is 0 Å². The van der Waals surface area contributed by atoms with Crippen LogP contribution in [0.5, 0.6) is 5.75 Å². The number of aryl methyl sites for hydroxylation is 1. The number of benzene rings is 2. The Kier molecular flexibility index (Phi) is 5.71. The molecule has 1 aliphatic rings. The zero-order valence-electron chi connectivity index (χ0n) is 13.9. The van der Waals surface area contributed by atoms with Gasteiger partial charge in [-0.1, -0.05) is 68.7 Å². The van der Waals surface area contributed by atoms with Gasteiger partial charge in [0.2, 0.25) is 6.29 Å². The molecule has 1 unspecified atom stereocenters. The molecule has 2 aromatic rings. The zero-order chi connectivity index (χ0) is 15.9. The van der Waals surface area contributed by atoms with E-state index in [9.17, 15) is 0 Å². The van der Waals surface area contributed by atoms with Crippen LogP contribution in [0.2, 0.25) is 0 Å². The molecule has 2 aromatic carbocycles. The maximum absolute atomic E-state index is 6.32. The summed E-state index contributed by atoms with van der Waals surface area (Å²) < 4.78 is 12.5. The van der Waals surface area contributed by atoms with Crippen LogP contribution in [-0.4, -0.2) is 6.10 Å². The minimum Gasteiger partial charge on any atom is -0.461 e. The lowest BCUT2D eigenvalue weighted by Crippen LogP contribution is -2.23. The van der Waals surface area contributed by atoms with Crippen molar-refractivity contribution in [2.24, 2.45) is 0 Å². The summed E-state index contributed by atoms with van der Waals surface area (Å²) in [6, 6.07) is 18.6. The van der Waals surface area contributed by atoms with Crippen molar-refractivity contribution in [3.8, 4) is 5.75 Å². The number of rotatable bonds is 6. The average molecular weight is 310 g/mol. The van der Waals surface area contributed by atoms with Gasteiger partial charge in [-0.25, -0.2) is 0 Å². The molecule has 0 spiro atoms. The number of ether oxygens (including phenoxy) is 2. The Morgan fingerprint density at radius 3 is 2.26 bits per heavy atom. The Bertz CT molecular complexity index is 571. The molecule has 1 saturated carbocycles. The smallest absolute Gasteiger partial charge is 0.226 e. The van der Waals surface area contributed by atoms with Gasteiger partial charge in [-0.15, -0.1) is 0 Å². The standard InChI is InChI=1S/C21H26O2/c1-2-17-13-15-20(16-14-17)23-21(18-9-5-3-6-10-18)22-19-11-7-4-8-12-19/h3,5-6,9-10,13-16,19,21H,2,4,7-8,11-12H2,1H3. The molecule has 122 valence electrons. The lowest BCUT2D eigenvalue weighted by atomic mass is 9.98. The van der Waals surface area contributed by atoms with Gasteiger partial charge in [0.05, 0.1) is 6.10 Å². The highest BCUT2D eigenvalue weighted by atomic mass is 16.7. The van der Waals surface area contributed by atoms with Crippen molar-refractivity contribution in [3.05, 3.63) is 65.7 Å². The molecule has 1 atom stereocenters. The molecular weight excluding hydrogens is 284 g/mol. The van der Waals surface area contributed by atoms with E-state index in [2.05, 4.69) is 31.2 Å². The molecule has 1 aliphatic carbocycles. The predicted octanol–water partition coefficient (Wildman–Crippen LogP) is 5.68. The van der Waals surface area contributed by atoms with E-state index in [1.165, 1.54) is 24.8 Å². The van der Waals surface area contributed by atoms with Crippen LogP contribution in [0.1, 0.15) is 56.4 Å². The maximum atomic E-state index is 6.32. The van der Waals surface area contributed by atoms with Gasteiger partial charge in [0.1, 0.15) is 5.75 Å².